The summed E-state index contributed by atoms with van der Waals surface area (Å²) in [7, 11) is 0. The fourth-order valence-electron chi connectivity index (χ4n) is 2.28. The summed E-state index contributed by atoms with van der Waals surface area (Å²) >= 11 is 3.42. The molecule has 1 fully saturated rings. The van der Waals surface area contributed by atoms with E-state index in [4.69, 9.17) is 0 Å². The second-order valence-electron chi connectivity index (χ2n) is 4.90. The third-order valence-electron chi connectivity index (χ3n) is 3.40. The Morgan fingerprint density at radius 2 is 2.32 bits per heavy atom. The third kappa shape index (κ3) is 5.13. The Morgan fingerprint density at radius 1 is 1.53 bits per heavy atom. The van der Waals surface area contributed by atoms with Gasteiger partial charge < -0.3 is 10.6 Å². The minimum atomic E-state index is 0. The summed E-state index contributed by atoms with van der Waals surface area (Å²) in [5.74, 6) is 0.786. The maximum absolute atomic E-state index is 11.9. The molecule has 1 atom stereocenters. The Morgan fingerprint density at radius 3 is 2.95 bits per heavy atom. The van der Waals surface area contributed by atoms with Gasteiger partial charge in [-0.3, -0.25) is 4.79 Å². The topological polar surface area (TPSA) is 41.1 Å². The highest BCUT2D eigenvalue weighted by Gasteiger charge is 2.15. The molecule has 1 aromatic rings. The van der Waals surface area contributed by atoms with E-state index in [1.54, 1.807) is 0 Å². The Labute approximate surface area is 129 Å². The van der Waals surface area contributed by atoms with Crippen LogP contribution in [0.5, 0.6) is 0 Å². The summed E-state index contributed by atoms with van der Waals surface area (Å²) in [6.45, 7) is 4.16. The highest BCUT2D eigenvalue weighted by Crippen LogP contribution is 2.21. The lowest BCUT2D eigenvalue weighted by Gasteiger charge is -2.10. The fraction of sp³-hybridized carbons (Fsp3) is 0.500. The van der Waals surface area contributed by atoms with Crippen LogP contribution in [0, 0.1) is 12.8 Å². The summed E-state index contributed by atoms with van der Waals surface area (Å²) in [5, 5.41) is 6.31. The maximum Gasteiger partial charge on any atom is 0.224 e. The fourth-order valence-corrected chi connectivity index (χ4v) is 2.75. The molecule has 1 amide bonds. The van der Waals surface area contributed by atoms with Gasteiger partial charge in [0.25, 0.3) is 0 Å². The summed E-state index contributed by atoms with van der Waals surface area (Å²) < 4.78 is 1.04. The van der Waals surface area contributed by atoms with E-state index in [0.717, 1.165) is 35.2 Å². The van der Waals surface area contributed by atoms with Gasteiger partial charge in [0.2, 0.25) is 5.91 Å². The average molecular weight is 348 g/mol. The van der Waals surface area contributed by atoms with Crippen LogP contribution < -0.4 is 10.6 Å². The van der Waals surface area contributed by atoms with Crippen LogP contribution in [-0.2, 0) is 4.79 Å². The van der Waals surface area contributed by atoms with Gasteiger partial charge >= 0.3 is 0 Å². The van der Waals surface area contributed by atoms with Gasteiger partial charge in [-0.1, -0.05) is 15.9 Å². The number of carbonyl (C=O) groups is 1. The van der Waals surface area contributed by atoms with Crippen molar-refractivity contribution >= 4 is 39.9 Å². The van der Waals surface area contributed by atoms with E-state index in [9.17, 15) is 4.79 Å². The number of nitrogens with one attached hydrogen (secondary N) is 2. The molecule has 1 aliphatic rings. The van der Waals surface area contributed by atoms with Gasteiger partial charge in [0.1, 0.15) is 0 Å². The van der Waals surface area contributed by atoms with Gasteiger partial charge in [0.05, 0.1) is 0 Å². The smallest absolute Gasteiger partial charge is 0.224 e. The summed E-state index contributed by atoms with van der Waals surface area (Å²) in [6.07, 6.45) is 2.79. The van der Waals surface area contributed by atoms with Crippen LogP contribution in [0.3, 0.4) is 0 Å². The third-order valence-corrected chi connectivity index (χ3v) is 3.90. The molecule has 5 heteroatoms. The Balaban J connectivity index is 0.00000180. The van der Waals surface area contributed by atoms with Gasteiger partial charge in [-0.05, 0) is 62.5 Å². The number of rotatable bonds is 4. The monoisotopic (exact) mass is 346 g/mol. The molecule has 0 bridgehead atoms. The zero-order valence-electron chi connectivity index (χ0n) is 11.0. The van der Waals surface area contributed by atoms with Gasteiger partial charge in [-0.2, -0.15) is 0 Å². The molecule has 1 aliphatic heterocycles. The quantitative estimate of drug-likeness (QED) is 0.875. The van der Waals surface area contributed by atoms with E-state index in [0.29, 0.717) is 12.3 Å². The second kappa shape index (κ2) is 7.88. The van der Waals surface area contributed by atoms with Crippen LogP contribution in [0.1, 0.15) is 24.8 Å². The van der Waals surface area contributed by atoms with Crippen LogP contribution >= 0.6 is 28.3 Å². The predicted octanol–water partition coefficient (Wildman–Crippen LogP) is 3.51. The molecule has 2 N–H and O–H groups in total. The number of aryl methyl sites for hydroxylation is 1. The van der Waals surface area contributed by atoms with Crippen LogP contribution in [0.2, 0.25) is 0 Å². The van der Waals surface area contributed by atoms with Crippen LogP contribution in [0.4, 0.5) is 5.69 Å². The minimum Gasteiger partial charge on any atom is -0.326 e. The number of hydrogen-bond donors (Lipinski definition) is 2. The average Bonchev–Trinajstić information content (AvgIpc) is 2.83. The zero-order chi connectivity index (χ0) is 13.0. The van der Waals surface area contributed by atoms with Crippen molar-refractivity contribution < 1.29 is 4.79 Å². The van der Waals surface area contributed by atoms with Crippen molar-refractivity contribution in [3.05, 3.63) is 28.2 Å². The Kier molecular flexibility index (Phi) is 6.83. The summed E-state index contributed by atoms with van der Waals surface area (Å²) in [6, 6.07) is 5.90. The maximum atomic E-state index is 11.9. The van der Waals surface area contributed by atoms with E-state index in [2.05, 4.69) is 26.6 Å². The van der Waals surface area contributed by atoms with Crippen molar-refractivity contribution in [3.8, 4) is 0 Å². The molecule has 1 saturated heterocycles. The van der Waals surface area contributed by atoms with Crippen molar-refractivity contribution in [2.24, 2.45) is 5.92 Å². The first-order chi connectivity index (χ1) is 8.65. The summed E-state index contributed by atoms with van der Waals surface area (Å²) in [5.41, 5.74) is 1.99. The first-order valence-corrected chi connectivity index (χ1v) is 7.21. The predicted molar refractivity (Wildman–Crippen MR) is 85.0 cm³/mol. The molecule has 0 aromatic heterocycles. The highest BCUT2D eigenvalue weighted by molar-refractivity contribution is 9.10. The molecule has 2 rings (SSSR count). The van der Waals surface area contributed by atoms with E-state index in [1.165, 1.54) is 6.42 Å². The molecule has 0 spiro atoms. The molecule has 0 radical (unpaired) electrons. The SMILES string of the molecule is Cc1cc(Br)ccc1NC(=O)CCC1CCNC1.Cl. The van der Waals surface area contributed by atoms with Crippen molar-refractivity contribution in [2.75, 3.05) is 18.4 Å². The molecular weight excluding hydrogens is 328 g/mol. The van der Waals surface area contributed by atoms with Gasteiger partial charge in [-0.15, -0.1) is 12.4 Å². The van der Waals surface area contributed by atoms with Crippen molar-refractivity contribution in [1.82, 2.24) is 5.32 Å². The number of benzene rings is 1. The first kappa shape index (κ1) is 16.5. The van der Waals surface area contributed by atoms with Crippen molar-refractivity contribution in [2.45, 2.75) is 26.2 Å². The van der Waals surface area contributed by atoms with Gasteiger partial charge in [-0.25, -0.2) is 0 Å². The first-order valence-electron chi connectivity index (χ1n) is 6.42. The molecule has 106 valence electrons. The number of halogens is 2. The molecule has 1 unspecified atom stereocenters. The zero-order valence-corrected chi connectivity index (χ0v) is 13.4. The highest BCUT2D eigenvalue weighted by atomic mass is 79.9. The van der Waals surface area contributed by atoms with Crippen molar-refractivity contribution in [3.63, 3.8) is 0 Å². The van der Waals surface area contributed by atoms with Crippen LogP contribution in [-0.4, -0.2) is 19.0 Å². The van der Waals surface area contributed by atoms with Crippen LogP contribution in [0.25, 0.3) is 0 Å². The van der Waals surface area contributed by atoms with E-state index in [1.807, 2.05) is 25.1 Å². The molecule has 0 saturated carbocycles. The molecule has 3 nitrogen and oxygen atoms in total. The summed E-state index contributed by atoms with van der Waals surface area (Å²) in [4.78, 5) is 11.9. The van der Waals surface area contributed by atoms with Gasteiger partial charge in [0, 0.05) is 16.6 Å². The lowest BCUT2D eigenvalue weighted by atomic mass is 10.0. The van der Waals surface area contributed by atoms with Gasteiger partial charge in [0.15, 0.2) is 0 Å². The Bertz CT molecular complexity index is 433. The lowest BCUT2D eigenvalue weighted by molar-refractivity contribution is -0.116. The standard InChI is InChI=1S/C14H19BrN2O.ClH/c1-10-8-12(15)3-4-13(10)17-14(18)5-2-11-6-7-16-9-11;/h3-4,8,11,16H,2,5-7,9H2,1H3,(H,17,18);1H. The number of carbonyl (C=O) groups excluding carboxylic acids is 1. The van der Waals surface area contributed by atoms with E-state index in [-0.39, 0.29) is 18.3 Å². The lowest BCUT2D eigenvalue weighted by Crippen LogP contribution is -2.15. The minimum absolute atomic E-state index is 0. The molecule has 0 aliphatic carbocycles. The Hall–Kier alpha value is -0.580. The van der Waals surface area contributed by atoms with E-state index >= 15 is 0 Å². The second-order valence-corrected chi connectivity index (χ2v) is 5.82. The van der Waals surface area contributed by atoms with Crippen LogP contribution in [0.15, 0.2) is 22.7 Å². The molecule has 19 heavy (non-hydrogen) atoms. The number of hydrogen-bond acceptors (Lipinski definition) is 2. The number of anilines is 1. The molecule has 1 heterocycles. The van der Waals surface area contributed by atoms with Crippen molar-refractivity contribution in [1.29, 1.82) is 0 Å². The number of amides is 1. The molecular formula is C14H20BrClN2O. The molecule has 1 aromatic carbocycles. The normalized spacial score (nSPS) is 17.9. The largest absolute Gasteiger partial charge is 0.326 e. The van der Waals surface area contributed by atoms with E-state index < -0.39 is 0 Å².